The number of nitrogens with one attached hydrogen (secondary N) is 1. The fraction of sp³-hybridized carbons (Fsp3) is 0.250. The van der Waals surface area contributed by atoms with E-state index < -0.39 is 24.3 Å². The number of esters is 1. The van der Waals surface area contributed by atoms with Crippen molar-refractivity contribution in [2.75, 3.05) is 11.9 Å². The second-order valence-electron chi connectivity index (χ2n) is 3.57. The summed E-state index contributed by atoms with van der Waals surface area (Å²) in [5.74, 6) is -2.13. The molecule has 5 nitrogen and oxygen atoms in total. The van der Waals surface area contributed by atoms with Gasteiger partial charge in [0.05, 0.1) is 5.69 Å². The Morgan fingerprint density at radius 1 is 1.28 bits per heavy atom. The van der Waals surface area contributed by atoms with Crippen molar-refractivity contribution in [2.45, 2.75) is 13.8 Å². The summed E-state index contributed by atoms with van der Waals surface area (Å²) in [5.41, 5.74) is 0.243. The molecule has 0 aliphatic heterocycles. The van der Waals surface area contributed by atoms with Crippen LogP contribution in [-0.4, -0.2) is 24.3 Å². The number of amides is 1. The highest BCUT2D eigenvalue weighted by Gasteiger charge is 2.12. The summed E-state index contributed by atoms with van der Waals surface area (Å²) in [5, 5.41) is 2.31. The molecule has 0 spiro atoms. The van der Waals surface area contributed by atoms with Gasteiger partial charge in [0.15, 0.2) is 12.4 Å². The van der Waals surface area contributed by atoms with Crippen molar-refractivity contribution in [3.8, 4) is 0 Å². The Morgan fingerprint density at radius 3 is 2.50 bits per heavy atom. The van der Waals surface area contributed by atoms with E-state index in [1.165, 1.54) is 13.0 Å². The van der Waals surface area contributed by atoms with Crippen LogP contribution in [0.3, 0.4) is 0 Å². The normalized spacial score (nSPS) is 9.72. The van der Waals surface area contributed by atoms with Crippen molar-refractivity contribution in [3.05, 3.63) is 29.6 Å². The lowest BCUT2D eigenvalue weighted by Gasteiger charge is -2.09. The van der Waals surface area contributed by atoms with E-state index in [0.717, 1.165) is 19.1 Å². The van der Waals surface area contributed by atoms with Gasteiger partial charge in [0.25, 0.3) is 5.91 Å². The summed E-state index contributed by atoms with van der Waals surface area (Å²) in [6, 6.07) is 3.43. The van der Waals surface area contributed by atoms with E-state index in [0.29, 0.717) is 0 Å². The number of hydrogen-bond donors (Lipinski definition) is 1. The van der Waals surface area contributed by atoms with Gasteiger partial charge in [-0.2, -0.15) is 0 Å². The Hall–Kier alpha value is -2.24. The fourth-order valence-electron chi connectivity index (χ4n) is 1.28. The second kappa shape index (κ2) is 5.90. The zero-order valence-corrected chi connectivity index (χ0v) is 9.95. The number of Topliss-reactive ketones (excluding diaryl/α,β-unsaturated/α-hetero) is 1. The van der Waals surface area contributed by atoms with Crippen LogP contribution in [0.5, 0.6) is 0 Å². The maximum absolute atomic E-state index is 13.0. The van der Waals surface area contributed by atoms with Crippen molar-refractivity contribution in [1.82, 2.24) is 0 Å². The molecule has 0 saturated carbocycles. The lowest BCUT2D eigenvalue weighted by atomic mass is 10.1. The summed E-state index contributed by atoms with van der Waals surface area (Å²) < 4.78 is 17.5. The number of anilines is 1. The van der Waals surface area contributed by atoms with Crippen LogP contribution in [-0.2, 0) is 14.3 Å². The first kappa shape index (κ1) is 13.8. The van der Waals surface area contributed by atoms with Gasteiger partial charge in [0.2, 0.25) is 0 Å². The van der Waals surface area contributed by atoms with E-state index >= 15 is 0 Å². The van der Waals surface area contributed by atoms with E-state index in [4.69, 9.17) is 0 Å². The van der Waals surface area contributed by atoms with E-state index in [9.17, 15) is 18.8 Å². The highest BCUT2D eigenvalue weighted by atomic mass is 19.1. The predicted octanol–water partition coefficient (Wildman–Crippen LogP) is 1.53. The first-order valence-corrected chi connectivity index (χ1v) is 5.14. The van der Waals surface area contributed by atoms with Crippen LogP contribution in [0.4, 0.5) is 10.1 Å². The Morgan fingerprint density at radius 2 is 1.94 bits per heavy atom. The molecular weight excluding hydrogens is 241 g/mol. The van der Waals surface area contributed by atoms with Crippen LogP contribution in [0.15, 0.2) is 18.2 Å². The fourth-order valence-corrected chi connectivity index (χ4v) is 1.28. The molecule has 0 atom stereocenters. The van der Waals surface area contributed by atoms with Gasteiger partial charge in [0.1, 0.15) is 5.82 Å². The third-order valence-electron chi connectivity index (χ3n) is 2.04. The number of halogens is 1. The molecule has 6 heteroatoms. The number of hydrogen-bond acceptors (Lipinski definition) is 4. The van der Waals surface area contributed by atoms with Gasteiger partial charge in [-0.05, 0) is 25.1 Å². The molecule has 0 saturated heterocycles. The Bertz CT molecular complexity index is 499. The van der Waals surface area contributed by atoms with Crippen molar-refractivity contribution in [2.24, 2.45) is 0 Å². The third-order valence-corrected chi connectivity index (χ3v) is 2.04. The molecule has 0 aromatic heterocycles. The number of carbonyl (C=O) groups is 3. The Kier molecular flexibility index (Phi) is 4.53. The molecular formula is C12H12FNO4. The number of ether oxygens (including phenoxy) is 1. The molecule has 0 unspecified atom stereocenters. The summed E-state index contributed by atoms with van der Waals surface area (Å²) >= 11 is 0. The molecule has 1 aromatic rings. The van der Waals surface area contributed by atoms with Gasteiger partial charge >= 0.3 is 5.97 Å². The van der Waals surface area contributed by atoms with E-state index in [1.807, 2.05) is 0 Å². The third kappa shape index (κ3) is 3.97. The van der Waals surface area contributed by atoms with Gasteiger partial charge in [0, 0.05) is 12.5 Å². The molecule has 0 fully saturated rings. The van der Waals surface area contributed by atoms with Crippen LogP contribution in [0.1, 0.15) is 24.2 Å². The molecule has 96 valence electrons. The van der Waals surface area contributed by atoms with Gasteiger partial charge < -0.3 is 10.1 Å². The van der Waals surface area contributed by atoms with Crippen LogP contribution >= 0.6 is 0 Å². The Balaban J connectivity index is 2.82. The molecule has 0 bridgehead atoms. The summed E-state index contributed by atoms with van der Waals surface area (Å²) in [4.78, 5) is 33.2. The molecule has 0 radical (unpaired) electrons. The molecule has 1 aromatic carbocycles. The number of benzene rings is 1. The maximum Gasteiger partial charge on any atom is 0.303 e. The van der Waals surface area contributed by atoms with Crippen LogP contribution < -0.4 is 5.32 Å². The standard InChI is InChI=1S/C12H12FNO4/c1-7(15)10-4-3-9(13)5-11(10)14-12(17)6-18-8(2)16/h3-5H,6H2,1-2H3,(H,14,17). The molecule has 1 amide bonds. The maximum atomic E-state index is 13.0. The Labute approximate surface area is 103 Å². The first-order chi connectivity index (χ1) is 8.40. The lowest BCUT2D eigenvalue weighted by Crippen LogP contribution is -2.21. The smallest absolute Gasteiger partial charge is 0.303 e. The van der Waals surface area contributed by atoms with Crippen molar-refractivity contribution < 1.29 is 23.5 Å². The number of rotatable bonds is 4. The number of carbonyl (C=O) groups excluding carboxylic acids is 3. The molecule has 18 heavy (non-hydrogen) atoms. The lowest BCUT2D eigenvalue weighted by molar-refractivity contribution is -0.144. The van der Waals surface area contributed by atoms with E-state index in [1.54, 1.807) is 0 Å². The summed E-state index contributed by atoms with van der Waals surface area (Å²) in [6.07, 6.45) is 0. The monoisotopic (exact) mass is 253 g/mol. The zero-order chi connectivity index (χ0) is 13.7. The highest BCUT2D eigenvalue weighted by molar-refractivity contribution is 6.04. The first-order valence-electron chi connectivity index (χ1n) is 5.14. The van der Waals surface area contributed by atoms with Gasteiger partial charge in [-0.1, -0.05) is 0 Å². The predicted molar refractivity (Wildman–Crippen MR) is 61.7 cm³/mol. The summed E-state index contributed by atoms with van der Waals surface area (Å²) in [7, 11) is 0. The van der Waals surface area contributed by atoms with Crippen molar-refractivity contribution >= 4 is 23.3 Å². The van der Waals surface area contributed by atoms with Gasteiger partial charge in [-0.15, -0.1) is 0 Å². The number of ketones is 1. The minimum atomic E-state index is -0.640. The molecule has 1 N–H and O–H groups in total. The molecule has 0 aliphatic rings. The average molecular weight is 253 g/mol. The van der Waals surface area contributed by atoms with Crippen molar-refractivity contribution in [1.29, 1.82) is 0 Å². The molecule has 0 heterocycles. The summed E-state index contributed by atoms with van der Waals surface area (Å²) in [6.45, 7) is 1.98. The largest absolute Gasteiger partial charge is 0.456 e. The topological polar surface area (TPSA) is 72.5 Å². The van der Waals surface area contributed by atoms with Gasteiger partial charge in [-0.25, -0.2) is 4.39 Å². The van der Waals surface area contributed by atoms with E-state index in [2.05, 4.69) is 10.1 Å². The van der Waals surface area contributed by atoms with E-state index in [-0.39, 0.29) is 17.0 Å². The SMILES string of the molecule is CC(=O)OCC(=O)Nc1cc(F)ccc1C(C)=O. The highest BCUT2D eigenvalue weighted by Crippen LogP contribution is 2.17. The van der Waals surface area contributed by atoms with Gasteiger partial charge in [-0.3, -0.25) is 14.4 Å². The minimum Gasteiger partial charge on any atom is -0.456 e. The average Bonchev–Trinajstić information content (AvgIpc) is 2.26. The second-order valence-corrected chi connectivity index (χ2v) is 3.57. The molecule has 1 rings (SSSR count). The van der Waals surface area contributed by atoms with Crippen molar-refractivity contribution in [3.63, 3.8) is 0 Å². The van der Waals surface area contributed by atoms with Crippen LogP contribution in [0.25, 0.3) is 0 Å². The molecule has 0 aliphatic carbocycles. The quantitative estimate of drug-likeness (QED) is 0.652. The van der Waals surface area contributed by atoms with Crippen LogP contribution in [0.2, 0.25) is 0 Å². The zero-order valence-electron chi connectivity index (χ0n) is 9.95. The minimum absolute atomic E-state index is 0.0552. The van der Waals surface area contributed by atoms with Crippen LogP contribution in [0, 0.1) is 5.82 Å².